The second-order valence-corrected chi connectivity index (χ2v) is 4.24. The highest BCUT2D eigenvalue weighted by Crippen LogP contribution is 2.02. The zero-order chi connectivity index (χ0) is 11.1. The molecule has 1 aromatic carbocycles. The van der Waals surface area contributed by atoms with Crippen LogP contribution in [-0.2, 0) is 0 Å². The molecule has 16 heavy (non-hydrogen) atoms. The second kappa shape index (κ2) is 7.44. The van der Waals surface area contributed by atoms with Gasteiger partial charge >= 0.3 is 0 Å². The summed E-state index contributed by atoms with van der Waals surface area (Å²) in [5, 5.41) is 12.3. The quantitative estimate of drug-likeness (QED) is 0.830. The van der Waals surface area contributed by atoms with E-state index in [-0.39, 0.29) is 24.6 Å². The molecule has 0 bridgehead atoms. The van der Waals surface area contributed by atoms with Crippen molar-refractivity contribution in [2.75, 3.05) is 13.2 Å². The van der Waals surface area contributed by atoms with Crippen LogP contribution in [-0.4, -0.2) is 23.8 Å². The van der Waals surface area contributed by atoms with Crippen molar-refractivity contribution in [3.63, 3.8) is 0 Å². The molecule has 0 saturated carbocycles. The lowest BCUT2D eigenvalue weighted by Crippen LogP contribution is -2.42. The van der Waals surface area contributed by atoms with Crippen molar-refractivity contribution in [2.24, 2.45) is 0 Å². The lowest BCUT2D eigenvalue weighted by Gasteiger charge is -2.22. The minimum Gasteiger partial charge on any atom is -0.394 e. The van der Waals surface area contributed by atoms with Crippen LogP contribution in [0.2, 0.25) is 0 Å². The van der Waals surface area contributed by atoms with E-state index in [9.17, 15) is 0 Å². The lowest BCUT2D eigenvalue weighted by atomic mass is 10.1. The summed E-state index contributed by atoms with van der Waals surface area (Å²) in [4.78, 5) is 0. The predicted molar refractivity (Wildman–Crippen MR) is 71.9 cm³/mol. The first kappa shape index (κ1) is 15.2. The van der Waals surface area contributed by atoms with Crippen LogP contribution in [0.5, 0.6) is 0 Å². The Morgan fingerprint density at radius 3 is 2.44 bits per heavy atom. The third-order valence-electron chi connectivity index (χ3n) is 2.20. The molecule has 0 aromatic heterocycles. The molecule has 2 nitrogen and oxygen atoms in total. The number of aliphatic hydroxyl groups excluding tert-OH is 1. The fraction of sp³-hybridized carbons (Fsp3) is 0.385. The topological polar surface area (TPSA) is 32.3 Å². The van der Waals surface area contributed by atoms with E-state index in [1.54, 1.807) is 0 Å². The number of aliphatic hydroxyl groups is 1. The number of halogens is 1. The number of benzene rings is 1. The SMILES string of the molecule is CC(C)(CO)NCC=Cc1ccccc1.Cl. The van der Waals surface area contributed by atoms with Gasteiger partial charge in [-0.25, -0.2) is 0 Å². The van der Waals surface area contributed by atoms with Crippen LogP contribution in [0, 0.1) is 0 Å². The first-order valence-electron chi connectivity index (χ1n) is 5.21. The first-order chi connectivity index (χ1) is 7.14. The van der Waals surface area contributed by atoms with Crippen molar-refractivity contribution in [3.8, 4) is 0 Å². The predicted octanol–water partition coefficient (Wildman–Crippen LogP) is 2.48. The fourth-order valence-corrected chi connectivity index (χ4v) is 1.15. The van der Waals surface area contributed by atoms with Crippen LogP contribution < -0.4 is 5.32 Å². The van der Waals surface area contributed by atoms with E-state index < -0.39 is 0 Å². The molecule has 0 fully saturated rings. The monoisotopic (exact) mass is 241 g/mol. The van der Waals surface area contributed by atoms with Gasteiger partial charge in [0.15, 0.2) is 0 Å². The van der Waals surface area contributed by atoms with E-state index in [0.717, 1.165) is 6.54 Å². The Morgan fingerprint density at radius 1 is 1.25 bits per heavy atom. The molecule has 0 radical (unpaired) electrons. The van der Waals surface area contributed by atoms with Crippen molar-refractivity contribution >= 4 is 18.5 Å². The van der Waals surface area contributed by atoms with Crippen LogP contribution in [0.25, 0.3) is 6.08 Å². The fourth-order valence-electron chi connectivity index (χ4n) is 1.15. The summed E-state index contributed by atoms with van der Waals surface area (Å²) in [6.07, 6.45) is 4.13. The lowest BCUT2D eigenvalue weighted by molar-refractivity contribution is 0.193. The molecule has 0 aliphatic carbocycles. The summed E-state index contributed by atoms with van der Waals surface area (Å²) >= 11 is 0. The molecule has 90 valence electrons. The smallest absolute Gasteiger partial charge is 0.0607 e. The van der Waals surface area contributed by atoms with Crippen molar-refractivity contribution in [2.45, 2.75) is 19.4 Å². The maximum absolute atomic E-state index is 9.02. The van der Waals surface area contributed by atoms with Gasteiger partial charge in [-0.2, -0.15) is 0 Å². The van der Waals surface area contributed by atoms with Gasteiger partial charge in [0.1, 0.15) is 0 Å². The Labute approximate surface area is 104 Å². The van der Waals surface area contributed by atoms with Crippen molar-refractivity contribution < 1.29 is 5.11 Å². The molecule has 0 atom stereocenters. The molecule has 3 heteroatoms. The third kappa shape index (κ3) is 5.91. The first-order valence-corrected chi connectivity index (χ1v) is 5.21. The zero-order valence-corrected chi connectivity index (χ0v) is 10.6. The summed E-state index contributed by atoms with van der Waals surface area (Å²) < 4.78 is 0. The Bertz CT molecular complexity index is 309. The van der Waals surface area contributed by atoms with Gasteiger partial charge in [-0.3, -0.25) is 0 Å². The van der Waals surface area contributed by atoms with Gasteiger partial charge in [0.25, 0.3) is 0 Å². The summed E-state index contributed by atoms with van der Waals surface area (Å²) in [5.74, 6) is 0. The summed E-state index contributed by atoms with van der Waals surface area (Å²) in [6.45, 7) is 4.86. The minimum atomic E-state index is -0.207. The van der Waals surface area contributed by atoms with Crippen LogP contribution in [0.15, 0.2) is 36.4 Å². The summed E-state index contributed by atoms with van der Waals surface area (Å²) in [5.41, 5.74) is 0.988. The van der Waals surface area contributed by atoms with Gasteiger partial charge in [0, 0.05) is 12.1 Å². The van der Waals surface area contributed by atoms with E-state index in [1.807, 2.05) is 32.0 Å². The van der Waals surface area contributed by atoms with E-state index in [1.165, 1.54) is 5.56 Å². The molecule has 0 heterocycles. The Morgan fingerprint density at radius 2 is 1.88 bits per heavy atom. The molecular weight excluding hydrogens is 222 g/mol. The van der Waals surface area contributed by atoms with E-state index in [2.05, 4.69) is 29.6 Å². The highest BCUT2D eigenvalue weighted by molar-refractivity contribution is 5.85. The van der Waals surface area contributed by atoms with Gasteiger partial charge in [0.2, 0.25) is 0 Å². The van der Waals surface area contributed by atoms with Gasteiger partial charge in [-0.1, -0.05) is 42.5 Å². The molecule has 2 N–H and O–H groups in total. The molecule has 0 spiro atoms. The van der Waals surface area contributed by atoms with Gasteiger partial charge < -0.3 is 10.4 Å². The Hall–Kier alpha value is -0.830. The average Bonchev–Trinajstić information content (AvgIpc) is 2.26. The molecular formula is C13H20ClNO. The van der Waals surface area contributed by atoms with Crippen LogP contribution in [0.1, 0.15) is 19.4 Å². The standard InChI is InChI=1S/C13H19NO.ClH/c1-13(2,11-15)14-10-6-9-12-7-4-3-5-8-12;/h3-9,14-15H,10-11H2,1-2H3;1H. The van der Waals surface area contributed by atoms with E-state index in [4.69, 9.17) is 5.11 Å². The normalized spacial score (nSPS) is 11.4. The van der Waals surface area contributed by atoms with Crippen molar-refractivity contribution in [3.05, 3.63) is 42.0 Å². The van der Waals surface area contributed by atoms with Crippen LogP contribution in [0.3, 0.4) is 0 Å². The largest absolute Gasteiger partial charge is 0.394 e. The second-order valence-electron chi connectivity index (χ2n) is 4.24. The number of hydrogen-bond acceptors (Lipinski definition) is 2. The van der Waals surface area contributed by atoms with Gasteiger partial charge in [-0.15, -0.1) is 12.4 Å². The number of nitrogens with one attached hydrogen (secondary N) is 1. The Kier molecular flexibility index (Phi) is 7.06. The van der Waals surface area contributed by atoms with E-state index in [0.29, 0.717) is 0 Å². The van der Waals surface area contributed by atoms with Gasteiger partial charge in [-0.05, 0) is 19.4 Å². The Balaban J connectivity index is 0.00000225. The maximum atomic E-state index is 9.02. The molecule has 0 aliphatic heterocycles. The van der Waals surface area contributed by atoms with Gasteiger partial charge in [0.05, 0.1) is 6.61 Å². The molecule has 0 saturated heterocycles. The molecule has 0 unspecified atom stereocenters. The summed E-state index contributed by atoms with van der Waals surface area (Å²) in [7, 11) is 0. The third-order valence-corrected chi connectivity index (χ3v) is 2.20. The average molecular weight is 242 g/mol. The van der Waals surface area contributed by atoms with Crippen LogP contribution in [0.4, 0.5) is 0 Å². The maximum Gasteiger partial charge on any atom is 0.0607 e. The molecule has 1 aromatic rings. The van der Waals surface area contributed by atoms with Crippen molar-refractivity contribution in [1.82, 2.24) is 5.32 Å². The number of hydrogen-bond donors (Lipinski definition) is 2. The minimum absolute atomic E-state index is 0. The van der Waals surface area contributed by atoms with Crippen LogP contribution >= 0.6 is 12.4 Å². The molecule has 1 rings (SSSR count). The zero-order valence-electron chi connectivity index (χ0n) is 9.81. The highest BCUT2D eigenvalue weighted by Gasteiger charge is 2.12. The summed E-state index contributed by atoms with van der Waals surface area (Å²) in [6, 6.07) is 10.2. The highest BCUT2D eigenvalue weighted by atomic mass is 35.5. The number of rotatable bonds is 5. The van der Waals surface area contributed by atoms with Crippen molar-refractivity contribution in [1.29, 1.82) is 0 Å². The van der Waals surface area contributed by atoms with E-state index >= 15 is 0 Å². The molecule has 0 aliphatic rings. The molecule has 0 amide bonds.